The van der Waals surface area contributed by atoms with Crippen LogP contribution in [0.4, 0.5) is 0 Å². The molecular weight excluding hydrogens is 452 g/mol. The maximum Gasteiger partial charge on any atom is 0.143 e. The van der Waals surface area contributed by atoms with E-state index in [2.05, 4.69) is 97.1 Å². The van der Waals surface area contributed by atoms with E-state index < -0.39 is 0 Å². The van der Waals surface area contributed by atoms with Crippen LogP contribution in [0.25, 0.3) is 76.9 Å². The predicted molar refractivity (Wildman–Crippen MR) is 153 cm³/mol. The van der Waals surface area contributed by atoms with Crippen LogP contribution >= 0.6 is 0 Å². The van der Waals surface area contributed by atoms with Gasteiger partial charge in [-0.05, 0) is 40.6 Å². The molecule has 0 bridgehead atoms. The van der Waals surface area contributed by atoms with E-state index in [9.17, 15) is 0 Å². The third kappa shape index (κ3) is 3.01. The van der Waals surface area contributed by atoms with Crippen LogP contribution < -0.4 is 0 Å². The zero-order valence-electron chi connectivity index (χ0n) is 19.8. The van der Waals surface area contributed by atoms with E-state index in [0.717, 1.165) is 66.1 Å². The zero-order chi connectivity index (χ0) is 24.3. The number of rotatable bonds is 2. The summed E-state index contributed by atoms with van der Waals surface area (Å²) in [5.41, 5.74) is 7.91. The molecule has 8 aromatic rings. The average Bonchev–Trinajstić information content (AvgIpc) is 3.36. The number of furan rings is 1. The Hall–Kier alpha value is -5.02. The number of pyridine rings is 2. The Bertz CT molecular complexity index is 2100. The van der Waals surface area contributed by atoms with Crippen molar-refractivity contribution >= 4 is 54.5 Å². The van der Waals surface area contributed by atoms with Crippen molar-refractivity contribution in [2.75, 3.05) is 0 Å². The van der Waals surface area contributed by atoms with Crippen molar-refractivity contribution in [1.29, 1.82) is 0 Å². The van der Waals surface area contributed by atoms with Gasteiger partial charge < -0.3 is 4.42 Å². The molecule has 0 amide bonds. The number of hydrogen-bond donors (Lipinski definition) is 0. The van der Waals surface area contributed by atoms with Crippen molar-refractivity contribution in [2.24, 2.45) is 0 Å². The number of fused-ring (bicyclic) bond motifs is 9. The highest BCUT2D eigenvalue weighted by atomic mass is 16.3. The lowest BCUT2D eigenvalue weighted by atomic mass is 9.98. The molecule has 0 unspecified atom stereocenters. The van der Waals surface area contributed by atoms with Gasteiger partial charge in [0.1, 0.15) is 11.2 Å². The molecule has 5 aromatic carbocycles. The Morgan fingerprint density at radius 2 is 1.14 bits per heavy atom. The Kier molecular flexibility index (Phi) is 4.23. The Morgan fingerprint density at radius 1 is 0.459 bits per heavy atom. The number of hydrogen-bond acceptors (Lipinski definition) is 3. The normalized spacial score (nSPS) is 11.8. The van der Waals surface area contributed by atoms with Gasteiger partial charge >= 0.3 is 0 Å². The maximum atomic E-state index is 6.26. The second-order valence-electron chi connectivity index (χ2n) is 9.40. The van der Waals surface area contributed by atoms with E-state index in [1.807, 2.05) is 24.4 Å². The van der Waals surface area contributed by atoms with Crippen LogP contribution in [0.5, 0.6) is 0 Å². The molecule has 0 aliphatic carbocycles. The molecule has 3 nitrogen and oxygen atoms in total. The Labute approximate surface area is 212 Å². The van der Waals surface area contributed by atoms with Crippen molar-refractivity contribution in [2.45, 2.75) is 0 Å². The van der Waals surface area contributed by atoms with Gasteiger partial charge in [-0.25, -0.2) is 4.98 Å². The monoisotopic (exact) mass is 472 g/mol. The third-order valence-corrected chi connectivity index (χ3v) is 7.33. The fraction of sp³-hybridized carbons (Fsp3) is 0. The summed E-state index contributed by atoms with van der Waals surface area (Å²) in [6.45, 7) is 0. The molecule has 0 atom stereocenters. The lowest BCUT2D eigenvalue weighted by molar-refractivity contribution is 0.670. The molecule has 0 radical (unpaired) electrons. The Morgan fingerprint density at radius 3 is 1.97 bits per heavy atom. The SMILES string of the molecule is c1ccc2c(c1)oc1c(-c3ccc(-c4ccc5c6ccccc6c6cccnc6c5n4)cc3)cccc12. The third-order valence-electron chi connectivity index (χ3n) is 7.33. The molecule has 0 saturated carbocycles. The van der Waals surface area contributed by atoms with E-state index in [4.69, 9.17) is 14.4 Å². The van der Waals surface area contributed by atoms with Crippen molar-refractivity contribution < 1.29 is 4.42 Å². The van der Waals surface area contributed by atoms with Gasteiger partial charge in [-0.1, -0.05) is 91.0 Å². The van der Waals surface area contributed by atoms with Crippen LogP contribution in [0, 0.1) is 0 Å². The second kappa shape index (κ2) is 7.74. The molecule has 0 aliphatic heterocycles. The molecule has 0 N–H and O–H groups in total. The minimum absolute atomic E-state index is 0.912. The van der Waals surface area contributed by atoms with Crippen molar-refractivity contribution in [3.8, 4) is 22.4 Å². The first-order valence-electron chi connectivity index (χ1n) is 12.4. The summed E-state index contributed by atoms with van der Waals surface area (Å²) < 4.78 is 6.26. The first kappa shape index (κ1) is 20.2. The van der Waals surface area contributed by atoms with Gasteiger partial charge in [0.25, 0.3) is 0 Å². The van der Waals surface area contributed by atoms with Crippen LogP contribution in [0.15, 0.2) is 126 Å². The molecule has 0 spiro atoms. The summed E-state index contributed by atoms with van der Waals surface area (Å²) in [4.78, 5) is 9.85. The number of aromatic nitrogens is 2. The van der Waals surface area contributed by atoms with Crippen molar-refractivity contribution in [1.82, 2.24) is 9.97 Å². The van der Waals surface area contributed by atoms with E-state index in [-0.39, 0.29) is 0 Å². The van der Waals surface area contributed by atoms with Gasteiger partial charge in [0, 0.05) is 38.9 Å². The average molecular weight is 473 g/mol. The quantitative estimate of drug-likeness (QED) is 0.235. The molecular formula is C34H20N2O. The Balaban J connectivity index is 1.28. The van der Waals surface area contributed by atoms with Gasteiger partial charge in [-0.2, -0.15) is 0 Å². The molecule has 3 aromatic heterocycles. The van der Waals surface area contributed by atoms with Gasteiger partial charge in [-0.15, -0.1) is 0 Å². The van der Waals surface area contributed by atoms with Crippen LogP contribution in [-0.4, -0.2) is 9.97 Å². The summed E-state index contributed by atoms with van der Waals surface area (Å²) in [6, 6.07) is 40.0. The summed E-state index contributed by atoms with van der Waals surface area (Å²) in [5.74, 6) is 0. The van der Waals surface area contributed by atoms with E-state index >= 15 is 0 Å². The van der Waals surface area contributed by atoms with Crippen LogP contribution in [0.3, 0.4) is 0 Å². The van der Waals surface area contributed by atoms with Crippen LogP contribution in [0.1, 0.15) is 0 Å². The van der Waals surface area contributed by atoms with Crippen LogP contribution in [-0.2, 0) is 0 Å². The lowest BCUT2D eigenvalue weighted by Gasteiger charge is -2.11. The van der Waals surface area contributed by atoms with Gasteiger partial charge in [-0.3, -0.25) is 4.98 Å². The first-order chi connectivity index (χ1) is 18.3. The highest BCUT2D eigenvalue weighted by Crippen LogP contribution is 2.37. The molecule has 3 heterocycles. The number of benzene rings is 5. The predicted octanol–water partition coefficient (Wildman–Crippen LogP) is 9.17. The fourth-order valence-electron chi connectivity index (χ4n) is 5.58. The maximum absolute atomic E-state index is 6.26. The van der Waals surface area contributed by atoms with Gasteiger partial charge in [0.15, 0.2) is 0 Å². The summed E-state index contributed by atoms with van der Waals surface area (Å²) in [5, 5.41) is 6.94. The summed E-state index contributed by atoms with van der Waals surface area (Å²) in [7, 11) is 0. The minimum Gasteiger partial charge on any atom is -0.455 e. The summed E-state index contributed by atoms with van der Waals surface area (Å²) in [6.07, 6.45) is 1.85. The largest absolute Gasteiger partial charge is 0.455 e. The standard InChI is InChI=1S/C34H20N2O/c1-2-8-25-24(7-1)27-12-6-20-35-32(27)33-28(25)18-19-30(36-33)22-16-14-21(15-17-22)23-10-5-11-29-26-9-3-4-13-31(26)37-34(23)29/h1-20H. The van der Waals surface area contributed by atoms with E-state index in [1.54, 1.807) is 0 Å². The molecule has 3 heteroatoms. The number of para-hydroxylation sites is 2. The molecule has 0 fully saturated rings. The fourth-order valence-corrected chi connectivity index (χ4v) is 5.58. The van der Waals surface area contributed by atoms with Gasteiger partial charge in [0.05, 0.1) is 16.7 Å². The molecule has 37 heavy (non-hydrogen) atoms. The molecule has 172 valence electrons. The van der Waals surface area contributed by atoms with Crippen molar-refractivity contribution in [3.63, 3.8) is 0 Å². The molecule has 0 aliphatic rings. The molecule has 0 saturated heterocycles. The molecule has 8 rings (SSSR count). The smallest absolute Gasteiger partial charge is 0.143 e. The highest BCUT2D eigenvalue weighted by Gasteiger charge is 2.14. The van der Waals surface area contributed by atoms with Crippen molar-refractivity contribution in [3.05, 3.63) is 121 Å². The summed E-state index contributed by atoms with van der Waals surface area (Å²) >= 11 is 0. The topological polar surface area (TPSA) is 38.9 Å². The minimum atomic E-state index is 0.912. The first-order valence-corrected chi connectivity index (χ1v) is 12.4. The van der Waals surface area contributed by atoms with E-state index in [0.29, 0.717) is 0 Å². The number of nitrogens with zero attached hydrogens (tertiary/aromatic N) is 2. The highest BCUT2D eigenvalue weighted by molar-refractivity contribution is 6.23. The van der Waals surface area contributed by atoms with Gasteiger partial charge in [0.2, 0.25) is 0 Å². The zero-order valence-corrected chi connectivity index (χ0v) is 19.8. The van der Waals surface area contributed by atoms with Crippen LogP contribution in [0.2, 0.25) is 0 Å². The lowest BCUT2D eigenvalue weighted by Crippen LogP contribution is -1.91. The van der Waals surface area contributed by atoms with E-state index in [1.165, 1.54) is 10.8 Å². The second-order valence-corrected chi connectivity index (χ2v) is 9.40.